The summed E-state index contributed by atoms with van der Waals surface area (Å²) in [5.74, 6) is 0.348. The smallest absolute Gasteiger partial charge is 0.349 e. The molecule has 0 bridgehead atoms. The summed E-state index contributed by atoms with van der Waals surface area (Å²) in [6, 6.07) is 11.9. The lowest BCUT2D eigenvalue weighted by atomic mass is 10.2. The number of hydrogen-bond acceptors (Lipinski definition) is 4. The molecule has 0 unspecified atom stereocenters. The van der Waals surface area contributed by atoms with Crippen LogP contribution in [0.25, 0.3) is 0 Å². The Morgan fingerprint density at radius 2 is 2.05 bits per heavy atom. The van der Waals surface area contributed by atoms with Crippen LogP contribution in [0.4, 0.5) is 0 Å². The van der Waals surface area contributed by atoms with Gasteiger partial charge < -0.3 is 9.47 Å². The first kappa shape index (κ1) is 15.3. The van der Waals surface area contributed by atoms with Crippen LogP contribution >= 0.6 is 15.9 Å². The van der Waals surface area contributed by atoms with E-state index in [9.17, 15) is 9.59 Å². The van der Waals surface area contributed by atoms with Gasteiger partial charge in [0.1, 0.15) is 17.8 Å². The minimum atomic E-state index is -0.537. The Kier molecular flexibility index (Phi) is 5.11. The number of hydrogen-bond donors (Lipinski definition) is 0. The number of ether oxygens (including phenoxy) is 2. The van der Waals surface area contributed by atoms with E-state index in [-0.39, 0.29) is 6.61 Å². The molecule has 2 rings (SSSR count). The average molecular weight is 349 g/mol. The van der Waals surface area contributed by atoms with Crippen LogP contribution in [0.1, 0.15) is 15.9 Å². The summed E-state index contributed by atoms with van der Waals surface area (Å²) in [6.07, 6.45) is 0.692. The quantitative estimate of drug-likeness (QED) is 0.471. The second kappa shape index (κ2) is 7.04. The van der Waals surface area contributed by atoms with Crippen LogP contribution in [0, 0.1) is 6.92 Å². The maximum absolute atomic E-state index is 11.7. The molecule has 0 fully saturated rings. The molecule has 0 saturated heterocycles. The molecule has 0 radical (unpaired) electrons. The van der Waals surface area contributed by atoms with Gasteiger partial charge in [-0.15, -0.1) is 0 Å². The summed E-state index contributed by atoms with van der Waals surface area (Å²) in [6.45, 7) is 1.75. The summed E-state index contributed by atoms with van der Waals surface area (Å²) >= 11 is 3.37. The summed E-state index contributed by atoms with van der Waals surface area (Å²) in [4.78, 5) is 22.4. The highest BCUT2D eigenvalue weighted by Crippen LogP contribution is 2.25. The number of halogens is 1. The first-order valence-electron chi connectivity index (χ1n) is 6.23. The van der Waals surface area contributed by atoms with Crippen molar-refractivity contribution in [2.75, 3.05) is 6.61 Å². The lowest BCUT2D eigenvalue weighted by molar-refractivity contribution is -0.136. The SMILES string of the molecule is Cc1ccc(OCC(=O)Oc2cccc(C=O)c2)c(Br)c1. The molecule has 0 aliphatic heterocycles. The van der Waals surface area contributed by atoms with Crippen molar-refractivity contribution < 1.29 is 19.1 Å². The Hall–Kier alpha value is -2.14. The van der Waals surface area contributed by atoms with Crippen LogP contribution in [0.5, 0.6) is 11.5 Å². The van der Waals surface area contributed by atoms with E-state index in [0.717, 1.165) is 10.0 Å². The second-order valence-electron chi connectivity index (χ2n) is 4.39. The summed E-state index contributed by atoms with van der Waals surface area (Å²) in [5.41, 5.74) is 1.53. The summed E-state index contributed by atoms with van der Waals surface area (Å²) < 4.78 is 11.3. The van der Waals surface area contributed by atoms with Gasteiger partial charge >= 0.3 is 5.97 Å². The van der Waals surface area contributed by atoms with Gasteiger partial charge in [0.15, 0.2) is 6.61 Å². The zero-order valence-electron chi connectivity index (χ0n) is 11.3. The molecule has 4 nitrogen and oxygen atoms in total. The van der Waals surface area contributed by atoms with E-state index < -0.39 is 5.97 Å². The molecule has 108 valence electrons. The average Bonchev–Trinajstić information content (AvgIpc) is 2.46. The van der Waals surface area contributed by atoms with Crippen LogP contribution in [-0.4, -0.2) is 18.9 Å². The summed E-state index contributed by atoms with van der Waals surface area (Å²) in [5, 5.41) is 0. The van der Waals surface area contributed by atoms with Crippen molar-refractivity contribution in [3.63, 3.8) is 0 Å². The van der Waals surface area contributed by atoms with Crippen LogP contribution in [-0.2, 0) is 4.79 Å². The van der Waals surface area contributed by atoms with Crippen molar-refractivity contribution in [3.05, 3.63) is 58.1 Å². The minimum absolute atomic E-state index is 0.215. The lowest BCUT2D eigenvalue weighted by Crippen LogP contribution is -2.17. The van der Waals surface area contributed by atoms with Crippen molar-refractivity contribution in [1.29, 1.82) is 0 Å². The Bertz CT molecular complexity index is 667. The van der Waals surface area contributed by atoms with Gasteiger partial charge in [0.05, 0.1) is 4.47 Å². The highest BCUT2D eigenvalue weighted by molar-refractivity contribution is 9.10. The molecule has 0 spiro atoms. The van der Waals surface area contributed by atoms with E-state index in [1.807, 2.05) is 19.1 Å². The van der Waals surface area contributed by atoms with Gasteiger partial charge in [0.25, 0.3) is 0 Å². The number of aryl methyl sites for hydroxylation is 1. The zero-order chi connectivity index (χ0) is 15.2. The second-order valence-corrected chi connectivity index (χ2v) is 5.24. The number of rotatable bonds is 5. The van der Waals surface area contributed by atoms with Crippen LogP contribution in [0.15, 0.2) is 46.9 Å². The number of benzene rings is 2. The van der Waals surface area contributed by atoms with Crippen molar-refractivity contribution >= 4 is 28.2 Å². The molecule has 0 heterocycles. The number of carbonyl (C=O) groups excluding carboxylic acids is 2. The van der Waals surface area contributed by atoms with Crippen LogP contribution in [0.2, 0.25) is 0 Å². The molecule has 0 aliphatic carbocycles. The Labute approximate surface area is 130 Å². The highest BCUT2D eigenvalue weighted by Gasteiger charge is 2.08. The van der Waals surface area contributed by atoms with E-state index in [4.69, 9.17) is 9.47 Å². The van der Waals surface area contributed by atoms with E-state index in [2.05, 4.69) is 15.9 Å². The first-order valence-corrected chi connectivity index (χ1v) is 7.02. The fourth-order valence-electron chi connectivity index (χ4n) is 1.67. The van der Waals surface area contributed by atoms with E-state index in [1.54, 1.807) is 24.3 Å². The Morgan fingerprint density at radius 3 is 2.76 bits per heavy atom. The molecule has 21 heavy (non-hydrogen) atoms. The molecular weight excluding hydrogens is 336 g/mol. The molecule has 2 aromatic carbocycles. The normalized spacial score (nSPS) is 10.0. The Morgan fingerprint density at radius 1 is 1.24 bits per heavy atom. The van der Waals surface area contributed by atoms with Crippen molar-refractivity contribution in [2.24, 2.45) is 0 Å². The third-order valence-electron chi connectivity index (χ3n) is 2.66. The van der Waals surface area contributed by atoms with E-state index in [0.29, 0.717) is 23.3 Å². The van der Waals surface area contributed by atoms with E-state index >= 15 is 0 Å². The molecule has 2 aromatic rings. The number of aldehydes is 1. The van der Waals surface area contributed by atoms with Gasteiger partial charge in [0.2, 0.25) is 0 Å². The van der Waals surface area contributed by atoms with Crippen LogP contribution < -0.4 is 9.47 Å². The fourth-order valence-corrected chi connectivity index (χ4v) is 2.28. The molecule has 0 amide bonds. The largest absolute Gasteiger partial charge is 0.481 e. The van der Waals surface area contributed by atoms with Gasteiger partial charge in [-0.05, 0) is 52.7 Å². The predicted octanol–water partition coefficient (Wildman–Crippen LogP) is 3.55. The lowest BCUT2D eigenvalue weighted by Gasteiger charge is -2.09. The minimum Gasteiger partial charge on any atom is -0.481 e. The molecule has 0 atom stereocenters. The van der Waals surface area contributed by atoms with Crippen molar-refractivity contribution in [2.45, 2.75) is 6.92 Å². The maximum atomic E-state index is 11.7. The number of carbonyl (C=O) groups is 2. The topological polar surface area (TPSA) is 52.6 Å². The van der Waals surface area contributed by atoms with Crippen molar-refractivity contribution in [1.82, 2.24) is 0 Å². The molecule has 0 N–H and O–H groups in total. The van der Waals surface area contributed by atoms with Gasteiger partial charge in [-0.3, -0.25) is 4.79 Å². The first-order chi connectivity index (χ1) is 10.1. The fraction of sp³-hybridized carbons (Fsp3) is 0.125. The maximum Gasteiger partial charge on any atom is 0.349 e. The zero-order valence-corrected chi connectivity index (χ0v) is 12.9. The van der Waals surface area contributed by atoms with Gasteiger partial charge in [0, 0.05) is 5.56 Å². The standard InChI is InChI=1S/C16H13BrO4/c1-11-5-6-15(14(17)7-11)20-10-16(19)21-13-4-2-3-12(8-13)9-18/h2-9H,10H2,1H3. The predicted molar refractivity (Wildman–Crippen MR) is 81.8 cm³/mol. The van der Waals surface area contributed by atoms with Crippen molar-refractivity contribution in [3.8, 4) is 11.5 Å². The van der Waals surface area contributed by atoms with Gasteiger partial charge in [-0.2, -0.15) is 0 Å². The van der Waals surface area contributed by atoms with Crippen LogP contribution in [0.3, 0.4) is 0 Å². The third-order valence-corrected chi connectivity index (χ3v) is 3.28. The molecule has 5 heteroatoms. The summed E-state index contributed by atoms with van der Waals surface area (Å²) in [7, 11) is 0. The molecule has 0 aromatic heterocycles. The molecule has 0 saturated carbocycles. The third kappa shape index (κ3) is 4.43. The number of esters is 1. The van der Waals surface area contributed by atoms with E-state index in [1.165, 1.54) is 6.07 Å². The Balaban J connectivity index is 1.94. The molecular formula is C16H13BrO4. The molecule has 0 aliphatic rings. The highest BCUT2D eigenvalue weighted by atomic mass is 79.9. The van der Waals surface area contributed by atoms with Gasteiger partial charge in [-0.1, -0.05) is 18.2 Å². The monoisotopic (exact) mass is 348 g/mol. The van der Waals surface area contributed by atoms with Gasteiger partial charge in [-0.25, -0.2) is 4.79 Å².